The van der Waals surface area contributed by atoms with Gasteiger partial charge in [-0.1, -0.05) is 29.2 Å². The topological polar surface area (TPSA) is 20.2 Å². The molecule has 0 aliphatic rings. The summed E-state index contributed by atoms with van der Waals surface area (Å²) in [6.45, 7) is 0. The second kappa shape index (κ2) is 3.74. The van der Waals surface area contributed by atoms with Crippen molar-refractivity contribution in [3.05, 3.63) is 29.8 Å². The highest BCUT2D eigenvalue weighted by atomic mass is 35.7. The number of benzene rings is 1. The predicted octanol–water partition coefficient (Wildman–Crippen LogP) is 2.78. The van der Waals surface area contributed by atoms with Crippen molar-refractivity contribution >= 4 is 21.7 Å². The van der Waals surface area contributed by atoms with Gasteiger partial charge in [-0.15, -0.1) is 0 Å². The average Bonchev–Trinajstić information content (AvgIpc) is 1.94. The van der Waals surface area contributed by atoms with E-state index in [2.05, 4.69) is 0 Å². The van der Waals surface area contributed by atoms with Crippen molar-refractivity contribution < 1.29 is 5.11 Å². The maximum absolute atomic E-state index is 9.17. The van der Waals surface area contributed by atoms with Gasteiger partial charge in [-0.2, -0.15) is 0 Å². The molecule has 0 atom stereocenters. The summed E-state index contributed by atoms with van der Waals surface area (Å²) in [5.74, 6) is 0.962. The maximum atomic E-state index is 9.17. The second-order valence-corrected chi connectivity index (χ2v) is 3.04. The molecule has 10 heavy (non-hydrogen) atoms. The number of aromatic hydroxyl groups is 1. The van der Waals surface area contributed by atoms with Crippen molar-refractivity contribution in [1.29, 1.82) is 0 Å². The van der Waals surface area contributed by atoms with Crippen LogP contribution < -0.4 is 0 Å². The van der Waals surface area contributed by atoms with Gasteiger partial charge in [0, 0.05) is 11.3 Å². The van der Waals surface area contributed by atoms with Crippen molar-refractivity contribution in [2.24, 2.45) is 0 Å². The van der Waals surface area contributed by atoms with E-state index in [1.807, 2.05) is 12.1 Å². The monoisotopic (exact) mass is 174 g/mol. The molecule has 0 aliphatic carbocycles. The summed E-state index contributed by atoms with van der Waals surface area (Å²) in [6, 6.07) is 7.17. The van der Waals surface area contributed by atoms with Crippen LogP contribution in [0.25, 0.3) is 0 Å². The van der Waals surface area contributed by atoms with Crippen LogP contribution in [0.5, 0.6) is 5.75 Å². The third kappa shape index (κ3) is 1.82. The van der Waals surface area contributed by atoms with Crippen LogP contribution in [-0.4, -0.2) is 5.11 Å². The van der Waals surface area contributed by atoms with Gasteiger partial charge >= 0.3 is 0 Å². The van der Waals surface area contributed by atoms with Gasteiger partial charge < -0.3 is 5.11 Å². The summed E-state index contributed by atoms with van der Waals surface area (Å²) in [6.07, 6.45) is 0. The molecule has 0 saturated carbocycles. The Labute approximate surface area is 68.5 Å². The van der Waals surface area contributed by atoms with Crippen molar-refractivity contribution in [2.45, 2.75) is 5.75 Å². The summed E-state index contributed by atoms with van der Waals surface area (Å²) in [7, 11) is 6.59. The number of halogens is 1. The fourth-order valence-corrected chi connectivity index (χ4v) is 1.41. The van der Waals surface area contributed by atoms with Crippen LogP contribution in [0.1, 0.15) is 5.56 Å². The standard InChI is InChI=1S/C7H7ClOS/c8-10-5-6-3-1-2-4-7(6)9/h1-4,9H,5H2. The number of hydrogen-bond donors (Lipinski definition) is 1. The van der Waals surface area contributed by atoms with Crippen molar-refractivity contribution in [3.63, 3.8) is 0 Å². The normalized spacial score (nSPS) is 9.70. The number of para-hydroxylation sites is 1. The SMILES string of the molecule is Oc1ccccc1CSCl. The number of hydrogen-bond acceptors (Lipinski definition) is 2. The molecule has 54 valence electrons. The molecular formula is C7H7ClOS. The van der Waals surface area contributed by atoms with E-state index in [9.17, 15) is 0 Å². The van der Waals surface area contributed by atoms with Gasteiger partial charge in [0.05, 0.1) is 0 Å². The molecule has 0 aliphatic heterocycles. The Balaban J connectivity index is 2.81. The largest absolute Gasteiger partial charge is 0.508 e. The Hall–Kier alpha value is -0.340. The molecule has 0 spiro atoms. The van der Waals surface area contributed by atoms with Crippen LogP contribution in [0.3, 0.4) is 0 Å². The van der Waals surface area contributed by atoms with E-state index >= 15 is 0 Å². The minimum Gasteiger partial charge on any atom is -0.508 e. The molecule has 3 heteroatoms. The van der Waals surface area contributed by atoms with Gasteiger partial charge in [-0.3, -0.25) is 0 Å². The molecule has 0 aromatic heterocycles. The van der Waals surface area contributed by atoms with E-state index < -0.39 is 0 Å². The van der Waals surface area contributed by atoms with Crippen LogP contribution in [0.2, 0.25) is 0 Å². The first-order valence-electron chi connectivity index (χ1n) is 2.85. The molecule has 0 radical (unpaired) electrons. The molecule has 0 unspecified atom stereocenters. The quantitative estimate of drug-likeness (QED) is 0.744. The molecule has 0 bridgehead atoms. The van der Waals surface area contributed by atoms with Crippen LogP contribution >= 0.6 is 21.7 Å². The van der Waals surface area contributed by atoms with Crippen LogP contribution in [-0.2, 0) is 5.75 Å². The molecule has 1 N–H and O–H groups in total. The van der Waals surface area contributed by atoms with Gasteiger partial charge in [-0.25, -0.2) is 0 Å². The third-order valence-corrected chi connectivity index (χ3v) is 1.95. The number of phenolic OH excluding ortho intramolecular Hbond substituents is 1. The first-order chi connectivity index (χ1) is 4.84. The lowest BCUT2D eigenvalue weighted by Gasteiger charge is -1.98. The molecule has 1 aromatic rings. The van der Waals surface area contributed by atoms with Gasteiger partial charge in [0.2, 0.25) is 0 Å². The van der Waals surface area contributed by atoms with Crippen LogP contribution in [0.4, 0.5) is 0 Å². The average molecular weight is 175 g/mol. The van der Waals surface area contributed by atoms with E-state index in [0.717, 1.165) is 5.56 Å². The van der Waals surface area contributed by atoms with Gasteiger partial charge in [0.1, 0.15) is 5.75 Å². The highest BCUT2D eigenvalue weighted by molar-refractivity contribution is 8.20. The summed E-state index contributed by atoms with van der Waals surface area (Å²) in [4.78, 5) is 0. The minimum atomic E-state index is 0.315. The fourth-order valence-electron chi connectivity index (χ4n) is 0.692. The Morgan fingerprint density at radius 2 is 2.10 bits per heavy atom. The lowest BCUT2D eigenvalue weighted by molar-refractivity contribution is 0.470. The highest BCUT2D eigenvalue weighted by Gasteiger charge is 1.96. The molecule has 1 nitrogen and oxygen atoms in total. The van der Waals surface area contributed by atoms with E-state index in [0.29, 0.717) is 11.5 Å². The van der Waals surface area contributed by atoms with Crippen LogP contribution in [0.15, 0.2) is 24.3 Å². The second-order valence-electron chi connectivity index (χ2n) is 1.88. The summed E-state index contributed by atoms with van der Waals surface area (Å²) in [5, 5.41) is 9.17. The Morgan fingerprint density at radius 3 is 2.70 bits per heavy atom. The summed E-state index contributed by atoms with van der Waals surface area (Å²) < 4.78 is 0. The van der Waals surface area contributed by atoms with E-state index in [1.54, 1.807) is 12.1 Å². The summed E-state index contributed by atoms with van der Waals surface area (Å²) >= 11 is 0. The Kier molecular flexibility index (Phi) is 2.90. The molecular weight excluding hydrogens is 168 g/mol. The first-order valence-corrected chi connectivity index (χ1v) is 4.66. The molecule has 1 aromatic carbocycles. The first kappa shape index (κ1) is 7.76. The van der Waals surface area contributed by atoms with E-state index in [-0.39, 0.29) is 0 Å². The highest BCUT2D eigenvalue weighted by Crippen LogP contribution is 2.22. The fraction of sp³-hybridized carbons (Fsp3) is 0.143. The smallest absolute Gasteiger partial charge is 0.119 e. The van der Waals surface area contributed by atoms with Crippen LogP contribution in [0, 0.1) is 0 Å². The van der Waals surface area contributed by atoms with E-state index in [1.165, 1.54) is 11.0 Å². The molecule has 0 amide bonds. The van der Waals surface area contributed by atoms with Gasteiger partial charge in [0.15, 0.2) is 0 Å². The van der Waals surface area contributed by atoms with Gasteiger partial charge in [-0.05, 0) is 16.7 Å². The third-order valence-electron chi connectivity index (χ3n) is 1.20. The minimum absolute atomic E-state index is 0.315. The molecule has 0 saturated heterocycles. The zero-order valence-electron chi connectivity index (χ0n) is 5.25. The molecule has 0 fully saturated rings. The molecule has 0 heterocycles. The summed E-state index contributed by atoms with van der Waals surface area (Å²) in [5.41, 5.74) is 0.877. The lowest BCUT2D eigenvalue weighted by atomic mass is 10.2. The van der Waals surface area contributed by atoms with Crippen molar-refractivity contribution in [3.8, 4) is 5.75 Å². The van der Waals surface area contributed by atoms with E-state index in [4.69, 9.17) is 15.8 Å². The zero-order chi connectivity index (χ0) is 7.40. The van der Waals surface area contributed by atoms with Crippen molar-refractivity contribution in [2.75, 3.05) is 0 Å². The Morgan fingerprint density at radius 1 is 1.40 bits per heavy atom. The van der Waals surface area contributed by atoms with Gasteiger partial charge in [0.25, 0.3) is 0 Å². The zero-order valence-corrected chi connectivity index (χ0v) is 6.82. The predicted molar refractivity (Wildman–Crippen MR) is 45.3 cm³/mol. The Bertz CT molecular complexity index is 215. The maximum Gasteiger partial charge on any atom is 0.119 e. The molecule has 1 rings (SSSR count). The van der Waals surface area contributed by atoms with Crippen molar-refractivity contribution in [1.82, 2.24) is 0 Å². The number of phenols is 1. The lowest BCUT2D eigenvalue weighted by Crippen LogP contribution is -1.77. The number of rotatable bonds is 2.